The number of carbonyl (C=O) groups is 1. The van der Waals surface area contributed by atoms with E-state index in [2.05, 4.69) is 20.8 Å². The molecule has 3 aromatic carbocycles. The van der Waals surface area contributed by atoms with Gasteiger partial charge >= 0.3 is 0 Å². The van der Waals surface area contributed by atoms with Crippen LogP contribution in [0.5, 0.6) is 11.5 Å². The third-order valence-corrected chi connectivity index (χ3v) is 4.72. The van der Waals surface area contributed by atoms with Crippen molar-refractivity contribution in [3.05, 3.63) is 72.3 Å². The molecule has 31 heavy (non-hydrogen) atoms. The van der Waals surface area contributed by atoms with Gasteiger partial charge in [-0.2, -0.15) is 4.80 Å². The Labute approximate surface area is 183 Å². The summed E-state index contributed by atoms with van der Waals surface area (Å²) >= 11 is 5.27. The maximum absolute atomic E-state index is 12.3. The number of hydrogen-bond donors (Lipinski definition) is 2. The van der Waals surface area contributed by atoms with Crippen molar-refractivity contribution in [2.24, 2.45) is 0 Å². The SMILES string of the molecule is COc1ccc(C(=O)NC(=S)Nc2ccc3nn(-c4ccc(OC)cc4)nc3c2)cc1. The van der Waals surface area contributed by atoms with E-state index in [0.29, 0.717) is 22.5 Å². The van der Waals surface area contributed by atoms with Crippen molar-refractivity contribution in [2.75, 3.05) is 19.5 Å². The van der Waals surface area contributed by atoms with Gasteiger partial charge in [-0.05, 0) is 78.9 Å². The van der Waals surface area contributed by atoms with E-state index < -0.39 is 0 Å². The summed E-state index contributed by atoms with van der Waals surface area (Å²) < 4.78 is 10.3. The van der Waals surface area contributed by atoms with E-state index >= 15 is 0 Å². The van der Waals surface area contributed by atoms with Crippen molar-refractivity contribution >= 4 is 40.0 Å². The third-order valence-electron chi connectivity index (χ3n) is 4.52. The van der Waals surface area contributed by atoms with Crippen LogP contribution in [0.25, 0.3) is 16.7 Å². The fourth-order valence-corrected chi connectivity index (χ4v) is 3.11. The largest absolute Gasteiger partial charge is 0.497 e. The zero-order valence-electron chi connectivity index (χ0n) is 16.8. The number of aromatic nitrogens is 3. The Hall–Kier alpha value is -3.98. The van der Waals surface area contributed by atoms with E-state index in [1.807, 2.05) is 42.5 Å². The monoisotopic (exact) mass is 433 g/mol. The maximum atomic E-state index is 12.3. The number of fused-ring (bicyclic) bond motifs is 1. The second kappa shape index (κ2) is 8.80. The first-order valence-corrected chi connectivity index (χ1v) is 9.74. The van der Waals surface area contributed by atoms with E-state index in [1.54, 1.807) is 43.3 Å². The number of ether oxygens (including phenoxy) is 2. The first kappa shape index (κ1) is 20.3. The molecule has 0 aliphatic carbocycles. The second-order valence-corrected chi connectivity index (χ2v) is 6.94. The van der Waals surface area contributed by atoms with Gasteiger partial charge < -0.3 is 14.8 Å². The first-order chi connectivity index (χ1) is 15.1. The summed E-state index contributed by atoms with van der Waals surface area (Å²) in [7, 11) is 3.19. The molecule has 0 saturated carbocycles. The van der Waals surface area contributed by atoms with E-state index in [1.165, 1.54) is 0 Å². The molecular formula is C22H19N5O3S. The average Bonchev–Trinajstić information content (AvgIpc) is 3.22. The Kier molecular flexibility index (Phi) is 5.76. The van der Waals surface area contributed by atoms with Gasteiger partial charge in [0.15, 0.2) is 5.11 Å². The Morgan fingerprint density at radius 2 is 1.48 bits per heavy atom. The molecule has 0 fully saturated rings. The molecule has 4 aromatic rings. The Morgan fingerprint density at radius 1 is 0.871 bits per heavy atom. The van der Waals surface area contributed by atoms with Gasteiger partial charge in [-0.3, -0.25) is 10.1 Å². The molecule has 156 valence electrons. The summed E-state index contributed by atoms with van der Waals surface area (Å²) in [6, 6.07) is 19.7. The molecule has 2 N–H and O–H groups in total. The lowest BCUT2D eigenvalue weighted by Gasteiger charge is -2.09. The highest BCUT2D eigenvalue weighted by molar-refractivity contribution is 7.80. The zero-order valence-corrected chi connectivity index (χ0v) is 17.6. The van der Waals surface area contributed by atoms with Crippen LogP contribution in [0.2, 0.25) is 0 Å². The summed E-state index contributed by atoms with van der Waals surface area (Å²) in [5, 5.41) is 14.8. The van der Waals surface area contributed by atoms with Crippen molar-refractivity contribution in [1.29, 1.82) is 0 Å². The molecule has 8 nitrogen and oxygen atoms in total. The molecule has 0 unspecified atom stereocenters. The van der Waals surface area contributed by atoms with Crippen LogP contribution in [0.4, 0.5) is 5.69 Å². The van der Waals surface area contributed by atoms with Crippen LogP contribution >= 0.6 is 12.2 Å². The van der Waals surface area contributed by atoms with Crippen LogP contribution in [-0.4, -0.2) is 40.2 Å². The van der Waals surface area contributed by atoms with E-state index in [4.69, 9.17) is 21.7 Å². The number of anilines is 1. The van der Waals surface area contributed by atoms with Gasteiger partial charge in [-0.25, -0.2) is 0 Å². The summed E-state index contributed by atoms with van der Waals surface area (Å²) in [6.07, 6.45) is 0. The average molecular weight is 433 g/mol. The van der Waals surface area contributed by atoms with Crippen molar-refractivity contribution < 1.29 is 14.3 Å². The Bertz CT molecular complexity index is 1240. The highest BCUT2D eigenvalue weighted by Gasteiger charge is 2.10. The molecule has 0 bridgehead atoms. The Morgan fingerprint density at radius 3 is 2.13 bits per heavy atom. The van der Waals surface area contributed by atoms with Crippen molar-refractivity contribution in [2.45, 2.75) is 0 Å². The summed E-state index contributed by atoms with van der Waals surface area (Å²) in [5.41, 5.74) is 3.39. The molecule has 1 heterocycles. The second-order valence-electron chi connectivity index (χ2n) is 6.53. The minimum Gasteiger partial charge on any atom is -0.497 e. The lowest BCUT2D eigenvalue weighted by atomic mass is 10.2. The maximum Gasteiger partial charge on any atom is 0.257 e. The smallest absolute Gasteiger partial charge is 0.257 e. The summed E-state index contributed by atoms with van der Waals surface area (Å²) in [5.74, 6) is 1.12. The van der Waals surface area contributed by atoms with Crippen molar-refractivity contribution in [1.82, 2.24) is 20.3 Å². The lowest BCUT2D eigenvalue weighted by Crippen LogP contribution is -2.34. The summed E-state index contributed by atoms with van der Waals surface area (Å²) in [6.45, 7) is 0. The number of amides is 1. The van der Waals surface area contributed by atoms with Gasteiger partial charge in [0.25, 0.3) is 5.91 Å². The molecule has 0 atom stereocenters. The highest BCUT2D eigenvalue weighted by atomic mass is 32.1. The zero-order chi connectivity index (χ0) is 21.8. The number of thiocarbonyl (C=S) groups is 1. The van der Waals surface area contributed by atoms with Gasteiger partial charge in [0, 0.05) is 11.3 Å². The minimum atomic E-state index is -0.313. The molecule has 4 rings (SSSR count). The van der Waals surface area contributed by atoms with Gasteiger partial charge in [-0.15, -0.1) is 10.2 Å². The highest BCUT2D eigenvalue weighted by Crippen LogP contribution is 2.19. The molecule has 0 spiro atoms. The first-order valence-electron chi connectivity index (χ1n) is 9.33. The van der Waals surface area contributed by atoms with Crippen LogP contribution in [0, 0.1) is 0 Å². The van der Waals surface area contributed by atoms with Crippen LogP contribution in [0.3, 0.4) is 0 Å². The Balaban J connectivity index is 1.45. The molecule has 9 heteroatoms. The number of carbonyl (C=O) groups excluding carboxylic acids is 1. The third kappa shape index (κ3) is 4.62. The molecule has 0 aliphatic rings. The summed E-state index contributed by atoms with van der Waals surface area (Å²) in [4.78, 5) is 13.9. The fourth-order valence-electron chi connectivity index (χ4n) is 2.90. The van der Waals surface area contributed by atoms with Gasteiger partial charge in [-0.1, -0.05) is 0 Å². The predicted molar refractivity (Wildman–Crippen MR) is 122 cm³/mol. The molecule has 0 radical (unpaired) electrons. The van der Waals surface area contributed by atoms with Crippen LogP contribution in [-0.2, 0) is 0 Å². The number of hydrogen-bond acceptors (Lipinski definition) is 6. The quantitative estimate of drug-likeness (QED) is 0.465. The van der Waals surface area contributed by atoms with Crippen LogP contribution in [0.15, 0.2) is 66.7 Å². The van der Waals surface area contributed by atoms with Crippen molar-refractivity contribution in [3.8, 4) is 17.2 Å². The fraction of sp³-hybridized carbons (Fsp3) is 0.0909. The number of rotatable bonds is 5. The number of nitrogens with one attached hydrogen (secondary N) is 2. The number of methoxy groups -OCH3 is 2. The van der Waals surface area contributed by atoms with Crippen LogP contribution < -0.4 is 20.1 Å². The number of benzene rings is 3. The molecule has 1 aromatic heterocycles. The lowest BCUT2D eigenvalue weighted by molar-refractivity contribution is 0.0977. The molecule has 0 saturated heterocycles. The minimum absolute atomic E-state index is 0.183. The van der Waals surface area contributed by atoms with Gasteiger partial charge in [0.2, 0.25) is 0 Å². The van der Waals surface area contributed by atoms with E-state index in [-0.39, 0.29) is 11.0 Å². The molecule has 0 aliphatic heterocycles. The van der Waals surface area contributed by atoms with Crippen molar-refractivity contribution in [3.63, 3.8) is 0 Å². The topological polar surface area (TPSA) is 90.3 Å². The standard InChI is InChI=1S/C22H19N5O3S/c1-29-17-8-3-14(4-9-17)21(28)24-22(31)23-15-5-12-19-20(13-15)26-27(25-19)16-6-10-18(30-2)11-7-16/h3-13H,1-2H3,(H2,23,24,28,31). The van der Waals surface area contributed by atoms with E-state index in [9.17, 15) is 4.79 Å². The van der Waals surface area contributed by atoms with Gasteiger partial charge in [0.05, 0.1) is 19.9 Å². The molecule has 1 amide bonds. The normalized spacial score (nSPS) is 10.5. The van der Waals surface area contributed by atoms with Gasteiger partial charge in [0.1, 0.15) is 22.5 Å². The van der Waals surface area contributed by atoms with Crippen LogP contribution in [0.1, 0.15) is 10.4 Å². The number of nitrogens with zero attached hydrogens (tertiary/aromatic N) is 3. The molecular weight excluding hydrogens is 414 g/mol. The van der Waals surface area contributed by atoms with E-state index in [0.717, 1.165) is 17.0 Å². The predicted octanol–water partition coefficient (Wildman–Crippen LogP) is 3.56.